The Morgan fingerprint density at radius 1 is 1.38 bits per heavy atom. The van der Waals surface area contributed by atoms with E-state index in [2.05, 4.69) is 0 Å². The maximum Gasteiger partial charge on any atom is 0.250 e. The lowest BCUT2D eigenvalue weighted by molar-refractivity contribution is -0.130. The SMILES string of the molecule is O=C=CCCCCC(C(=O)NO)c1cccc2cscc12. The number of hydroxylamine groups is 1. The van der Waals surface area contributed by atoms with E-state index in [4.69, 9.17) is 5.21 Å². The second kappa shape index (κ2) is 7.74. The molecule has 0 aliphatic carbocycles. The van der Waals surface area contributed by atoms with Crippen LogP contribution < -0.4 is 5.48 Å². The van der Waals surface area contributed by atoms with Crippen molar-refractivity contribution in [2.75, 3.05) is 0 Å². The zero-order chi connectivity index (χ0) is 15.1. The molecule has 1 aromatic carbocycles. The first-order chi connectivity index (χ1) is 10.3. The minimum Gasteiger partial charge on any atom is -0.289 e. The minimum absolute atomic E-state index is 0.381. The van der Waals surface area contributed by atoms with Gasteiger partial charge in [0.1, 0.15) is 5.94 Å². The van der Waals surface area contributed by atoms with Crippen LogP contribution in [0.15, 0.2) is 35.0 Å². The third-order valence-electron chi connectivity index (χ3n) is 3.53. The van der Waals surface area contributed by atoms with Gasteiger partial charge in [0.2, 0.25) is 0 Å². The highest BCUT2D eigenvalue weighted by Gasteiger charge is 2.21. The summed E-state index contributed by atoms with van der Waals surface area (Å²) in [6.07, 6.45) is 4.38. The summed E-state index contributed by atoms with van der Waals surface area (Å²) in [6.45, 7) is 0. The lowest BCUT2D eigenvalue weighted by atomic mass is 9.90. The summed E-state index contributed by atoms with van der Waals surface area (Å²) < 4.78 is 0. The Hall–Kier alpha value is -1.94. The van der Waals surface area contributed by atoms with Gasteiger partial charge in [0.15, 0.2) is 0 Å². The van der Waals surface area contributed by atoms with E-state index in [0.717, 1.165) is 29.2 Å². The summed E-state index contributed by atoms with van der Waals surface area (Å²) in [5, 5.41) is 15.2. The number of rotatable bonds is 7. The van der Waals surface area contributed by atoms with Gasteiger partial charge in [0.05, 0.1) is 5.92 Å². The van der Waals surface area contributed by atoms with Crippen LogP contribution in [0.5, 0.6) is 0 Å². The molecule has 0 spiro atoms. The van der Waals surface area contributed by atoms with Crippen LogP contribution in [0.3, 0.4) is 0 Å². The number of thiophene rings is 1. The van der Waals surface area contributed by atoms with Gasteiger partial charge in [0, 0.05) is 0 Å². The molecule has 5 heteroatoms. The predicted octanol–water partition coefficient (Wildman–Crippen LogP) is 3.44. The predicted molar refractivity (Wildman–Crippen MR) is 83.2 cm³/mol. The molecule has 0 saturated carbocycles. The van der Waals surface area contributed by atoms with Gasteiger partial charge in [-0.1, -0.05) is 24.6 Å². The fraction of sp³-hybridized carbons (Fsp3) is 0.312. The molecule has 1 aromatic heterocycles. The third kappa shape index (κ3) is 3.79. The van der Waals surface area contributed by atoms with Gasteiger partial charge >= 0.3 is 0 Å². The van der Waals surface area contributed by atoms with E-state index in [9.17, 15) is 9.59 Å². The monoisotopic (exact) mass is 303 g/mol. The van der Waals surface area contributed by atoms with Crippen LogP contribution in [0.25, 0.3) is 10.8 Å². The zero-order valence-electron chi connectivity index (χ0n) is 11.5. The lowest BCUT2D eigenvalue weighted by Crippen LogP contribution is -2.26. The van der Waals surface area contributed by atoms with Crippen molar-refractivity contribution in [1.29, 1.82) is 0 Å². The first-order valence-electron chi connectivity index (χ1n) is 6.86. The molecule has 0 aliphatic heterocycles. The smallest absolute Gasteiger partial charge is 0.250 e. The Balaban J connectivity index is 2.17. The molecular formula is C16H17NO3S. The Bertz CT molecular complexity index is 658. The quantitative estimate of drug-likeness (QED) is 0.356. The normalized spacial score (nSPS) is 11.9. The van der Waals surface area contributed by atoms with Crippen molar-refractivity contribution in [2.24, 2.45) is 0 Å². The molecule has 1 amide bonds. The van der Waals surface area contributed by atoms with Gasteiger partial charge in [-0.2, -0.15) is 11.3 Å². The number of carbonyl (C=O) groups is 1. The minimum atomic E-state index is -0.389. The summed E-state index contributed by atoms with van der Waals surface area (Å²) in [5.41, 5.74) is 2.70. The largest absolute Gasteiger partial charge is 0.289 e. The maximum absolute atomic E-state index is 12.0. The molecule has 0 radical (unpaired) electrons. The Kier molecular flexibility index (Phi) is 5.69. The number of carbonyl (C=O) groups excluding carboxylic acids is 2. The van der Waals surface area contributed by atoms with Crippen molar-refractivity contribution in [1.82, 2.24) is 5.48 Å². The standard InChI is InChI=1S/C16H17NO3S/c18-9-4-2-1-3-7-14(16(19)17-20)13-8-5-6-12-10-21-11-15(12)13/h4-6,8,10-11,14,20H,1-3,7H2,(H,17,19). The fourth-order valence-electron chi connectivity index (χ4n) is 2.48. The average molecular weight is 303 g/mol. The van der Waals surface area contributed by atoms with Crippen LogP contribution in [-0.4, -0.2) is 17.1 Å². The molecule has 0 bridgehead atoms. The second-order valence-electron chi connectivity index (χ2n) is 4.86. The Morgan fingerprint density at radius 3 is 3.00 bits per heavy atom. The van der Waals surface area contributed by atoms with Crippen LogP contribution in [0.2, 0.25) is 0 Å². The van der Waals surface area contributed by atoms with E-state index in [1.165, 1.54) is 6.08 Å². The van der Waals surface area contributed by atoms with E-state index in [1.807, 2.05) is 29.0 Å². The molecule has 1 unspecified atom stereocenters. The van der Waals surface area contributed by atoms with E-state index < -0.39 is 0 Å². The maximum atomic E-state index is 12.0. The van der Waals surface area contributed by atoms with Crippen LogP contribution in [0, 0.1) is 0 Å². The van der Waals surface area contributed by atoms with Crippen LogP contribution in [-0.2, 0) is 9.59 Å². The molecule has 0 saturated heterocycles. The zero-order valence-corrected chi connectivity index (χ0v) is 12.4. The van der Waals surface area contributed by atoms with Crippen molar-refractivity contribution in [2.45, 2.75) is 31.6 Å². The Labute approximate surface area is 127 Å². The topological polar surface area (TPSA) is 66.4 Å². The highest BCUT2D eigenvalue weighted by Crippen LogP contribution is 2.31. The molecule has 1 heterocycles. The van der Waals surface area contributed by atoms with Crippen LogP contribution >= 0.6 is 11.3 Å². The molecule has 2 rings (SSSR count). The highest BCUT2D eigenvalue weighted by atomic mass is 32.1. The number of hydrogen-bond acceptors (Lipinski definition) is 4. The molecule has 2 aromatic rings. The molecule has 1 atom stereocenters. The van der Waals surface area contributed by atoms with Crippen molar-refractivity contribution >= 4 is 34.0 Å². The van der Waals surface area contributed by atoms with Crippen LogP contribution in [0.1, 0.15) is 37.2 Å². The summed E-state index contributed by atoms with van der Waals surface area (Å²) in [6, 6.07) is 5.87. The number of amides is 1. The summed E-state index contributed by atoms with van der Waals surface area (Å²) in [4.78, 5) is 22.1. The summed E-state index contributed by atoms with van der Waals surface area (Å²) >= 11 is 1.60. The van der Waals surface area contributed by atoms with Crippen molar-refractivity contribution in [3.05, 3.63) is 40.6 Å². The molecule has 4 nitrogen and oxygen atoms in total. The average Bonchev–Trinajstić information content (AvgIpc) is 2.99. The van der Waals surface area contributed by atoms with E-state index >= 15 is 0 Å². The molecule has 110 valence electrons. The van der Waals surface area contributed by atoms with Gasteiger partial charge in [-0.15, -0.1) is 0 Å². The first-order valence-corrected chi connectivity index (χ1v) is 7.80. The fourth-order valence-corrected chi connectivity index (χ4v) is 3.31. The van der Waals surface area contributed by atoms with E-state index in [0.29, 0.717) is 12.8 Å². The third-order valence-corrected chi connectivity index (χ3v) is 4.29. The number of nitrogens with one attached hydrogen (secondary N) is 1. The van der Waals surface area contributed by atoms with E-state index in [1.54, 1.807) is 22.8 Å². The number of fused-ring (bicyclic) bond motifs is 1. The van der Waals surface area contributed by atoms with Crippen molar-refractivity contribution in [3.63, 3.8) is 0 Å². The number of benzene rings is 1. The lowest BCUT2D eigenvalue weighted by Gasteiger charge is -2.16. The van der Waals surface area contributed by atoms with Gasteiger partial charge in [0.25, 0.3) is 5.91 Å². The molecule has 21 heavy (non-hydrogen) atoms. The number of allylic oxidation sites excluding steroid dienone is 1. The molecule has 0 aliphatic rings. The number of hydrogen-bond donors (Lipinski definition) is 2. The van der Waals surface area contributed by atoms with E-state index in [-0.39, 0.29) is 11.8 Å². The Morgan fingerprint density at radius 2 is 2.24 bits per heavy atom. The van der Waals surface area contributed by atoms with Gasteiger partial charge in [-0.3, -0.25) is 10.0 Å². The van der Waals surface area contributed by atoms with Gasteiger partial charge < -0.3 is 0 Å². The van der Waals surface area contributed by atoms with Crippen molar-refractivity contribution in [3.8, 4) is 0 Å². The molecular weight excluding hydrogens is 286 g/mol. The highest BCUT2D eigenvalue weighted by molar-refractivity contribution is 7.09. The molecule has 2 N–H and O–H groups in total. The summed E-state index contributed by atoms with van der Waals surface area (Å²) in [5.74, 6) is 0.979. The molecule has 0 fully saturated rings. The first kappa shape index (κ1) is 15.4. The number of unbranched alkanes of at least 4 members (excludes halogenated alkanes) is 2. The van der Waals surface area contributed by atoms with Gasteiger partial charge in [-0.25, -0.2) is 10.3 Å². The summed E-state index contributed by atoms with van der Waals surface area (Å²) in [7, 11) is 0. The van der Waals surface area contributed by atoms with Crippen LogP contribution in [0.4, 0.5) is 0 Å². The van der Waals surface area contributed by atoms with Gasteiger partial charge in [-0.05, 0) is 52.4 Å². The van der Waals surface area contributed by atoms with Crippen molar-refractivity contribution < 1.29 is 14.8 Å². The second-order valence-corrected chi connectivity index (χ2v) is 5.60.